The molecule has 39 heavy (non-hydrogen) atoms. The van der Waals surface area contributed by atoms with Crippen molar-refractivity contribution in [2.75, 3.05) is 6.61 Å². The van der Waals surface area contributed by atoms with Gasteiger partial charge >= 0.3 is 0 Å². The molecule has 1 aliphatic rings. The SMILES string of the molecule is Cc1ccc(SC2(C(=O)N[C@@H](C)CO)CC(=O)N(Cc3ccc(Br)cc3)C2c2c[nH]c3cc(Cl)ccc23)cc1. The number of hydrogen-bond acceptors (Lipinski definition) is 4. The van der Waals surface area contributed by atoms with Gasteiger partial charge in [-0.25, -0.2) is 0 Å². The summed E-state index contributed by atoms with van der Waals surface area (Å²) in [5.74, 6) is -0.396. The lowest BCUT2D eigenvalue weighted by Gasteiger charge is -2.37. The number of hydrogen-bond donors (Lipinski definition) is 3. The minimum atomic E-state index is -1.19. The molecule has 3 N–H and O–H groups in total. The molecule has 2 amide bonds. The summed E-state index contributed by atoms with van der Waals surface area (Å²) in [5.41, 5.74) is 3.74. The molecule has 4 aromatic rings. The number of fused-ring (bicyclic) bond motifs is 1. The maximum atomic E-state index is 14.2. The van der Waals surface area contributed by atoms with Crippen molar-refractivity contribution in [3.05, 3.63) is 99.1 Å². The number of thioether (sulfide) groups is 1. The van der Waals surface area contributed by atoms with E-state index in [0.717, 1.165) is 37.0 Å². The monoisotopic (exact) mass is 625 g/mol. The number of nitrogens with zero attached hydrogens (tertiary/aromatic N) is 1. The van der Waals surface area contributed by atoms with Crippen LogP contribution in [0.5, 0.6) is 0 Å². The van der Waals surface area contributed by atoms with Crippen molar-refractivity contribution in [2.24, 2.45) is 0 Å². The van der Waals surface area contributed by atoms with Crippen LogP contribution in [0.15, 0.2) is 82.3 Å². The number of nitrogens with one attached hydrogen (secondary N) is 2. The van der Waals surface area contributed by atoms with Crippen molar-refractivity contribution >= 4 is 62.0 Å². The van der Waals surface area contributed by atoms with Crippen molar-refractivity contribution in [3.63, 3.8) is 0 Å². The highest BCUT2D eigenvalue weighted by Crippen LogP contribution is 2.54. The number of rotatable bonds is 8. The summed E-state index contributed by atoms with van der Waals surface area (Å²) in [7, 11) is 0. The number of aryl methyl sites for hydroxylation is 1. The number of carbonyl (C=O) groups is 2. The maximum Gasteiger partial charge on any atom is 0.239 e. The number of H-pyrrole nitrogens is 1. The number of benzene rings is 3. The number of amides is 2. The van der Waals surface area contributed by atoms with Crippen molar-refractivity contribution < 1.29 is 14.7 Å². The molecule has 2 unspecified atom stereocenters. The van der Waals surface area contributed by atoms with Gasteiger partial charge in [0.15, 0.2) is 0 Å². The molecule has 1 saturated heterocycles. The Morgan fingerprint density at radius 3 is 2.62 bits per heavy atom. The number of carbonyl (C=O) groups excluding carboxylic acids is 2. The molecule has 1 aromatic heterocycles. The fourth-order valence-electron chi connectivity index (χ4n) is 5.10. The molecule has 9 heteroatoms. The van der Waals surface area contributed by atoms with E-state index in [0.29, 0.717) is 11.6 Å². The second-order valence-electron chi connectivity index (χ2n) is 10.0. The average molecular weight is 627 g/mol. The molecular formula is C30H29BrClN3O3S. The lowest BCUT2D eigenvalue weighted by atomic mass is 9.90. The highest BCUT2D eigenvalue weighted by atomic mass is 79.9. The predicted molar refractivity (Wildman–Crippen MR) is 160 cm³/mol. The Kier molecular flexibility index (Phi) is 8.10. The number of aliphatic hydroxyl groups is 1. The van der Waals surface area contributed by atoms with Crippen LogP contribution in [-0.4, -0.2) is 44.2 Å². The largest absolute Gasteiger partial charge is 0.394 e. The lowest BCUT2D eigenvalue weighted by Crippen LogP contribution is -2.51. The van der Waals surface area contributed by atoms with Crippen LogP contribution in [0, 0.1) is 6.92 Å². The van der Waals surface area contributed by atoms with Crippen LogP contribution in [0.4, 0.5) is 0 Å². The predicted octanol–water partition coefficient (Wildman–Crippen LogP) is 6.39. The molecule has 1 aliphatic heterocycles. The number of aromatic nitrogens is 1. The lowest BCUT2D eigenvalue weighted by molar-refractivity contribution is -0.129. The Bertz CT molecular complexity index is 1510. The van der Waals surface area contributed by atoms with Gasteiger partial charge in [-0.3, -0.25) is 9.59 Å². The van der Waals surface area contributed by atoms with Crippen molar-refractivity contribution in [1.82, 2.24) is 15.2 Å². The van der Waals surface area contributed by atoms with Crippen LogP contribution < -0.4 is 5.32 Å². The first-order valence-corrected chi connectivity index (χ1v) is 14.7. The Morgan fingerprint density at radius 2 is 1.92 bits per heavy atom. The van der Waals surface area contributed by atoms with E-state index >= 15 is 0 Å². The summed E-state index contributed by atoms with van der Waals surface area (Å²) in [6.45, 7) is 3.90. The Morgan fingerprint density at radius 1 is 1.21 bits per heavy atom. The summed E-state index contributed by atoms with van der Waals surface area (Å²) in [6.07, 6.45) is 1.89. The van der Waals surface area contributed by atoms with Crippen LogP contribution in [0.1, 0.15) is 36.1 Å². The first kappa shape index (κ1) is 27.8. The first-order chi connectivity index (χ1) is 18.7. The van der Waals surface area contributed by atoms with Gasteiger partial charge in [0, 0.05) is 49.6 Å². The zero-order valence-corrected chi connectivity index (χ0v) is 24.7. The smallest absolute Gasteiger partial charge is 0.239 e. The van der Waals surface area contributed by atoms with Gasteiger partial charge in [0.1, 0.15) is 4.75 Å². The Hall–Kier alpha value is -2.78. The van der Waals surface area contributed by atoms with E-state index in [1.54, 1.807) is 6.92 Å². The Labute approximate surface area is 245 Å². The second kappa shape index (κ2) is 11.4. The number of likely N-dealkylation sites (tertiary alicyclic amines) is 1. The van der Waals surface area contributed by atoms with Crippen LogP contribution in [-0.2, 0) is 16.1 Å². The fraction of sp³-hybridized carbons (Fsp3) is 0.267. The fourth-order valence-corrected chi connectivity index (χ4v) is 6.94. The summed E-state index contributed by atoms with van der Waals surface area (Å²) in [5, 5.41) is 14.2. The van der Waals surface area contributed by atoms with E-state index in [-0.39, 0.29) is 24.8 Å². The van der Waals surface area contributed by atoms with Crippen molar-refractivity contribution in [1.29, 1.82) is 0 Å². The van der Waals surface area contributed by atoms with Gasteiger partial charge in [-0.2, -0.15) is 0 Å². The Balaban J connectivity index is 1.69. The van der Waals surface area contributed by atoms with Crippen LogP contribution >= 0.6 is 39.3 Å². The van der Waals surface area contributed by atoms with Gasteiger partial charge in [-0.15, -0.1) is 11.8 Å². The molecule has 1 fully saturated rings. The molecule has 0 saturated carbocycles. The first-order valence-electron chi connectivity index (χ1n) is 12.7. The third kappa shape index (κ3) is 5.61. The molecule has 3 aromatic carbocycles. The standard InChI is InChI=1S/C30H29BrClN3O3S/c1-18-3-10-23(11-4-18)39-30(29(38)34-19(2)17-36)14-27(37)35(16-20-5-7-21(31)8-6-20)28(30)25-15-33-26-13-22(32)9-12-24(25)26/h3-13,15,19,28,33,36H,14,16-17H2,1-2H3,(H,34,38)/t19-,28?,30?/m0/s1. The third-order valence-corrected chi connectivity index (χ3v) is 9.27. The number of aliphatic hydroxyl groups excluding tert-OH is 1. The molecule has 0 radical (unpaired) electrons. The normalized spacial score (nSPS) is 20.0. The van der Waals surface area contributed by atoms with Crippen LogP contribution in [0.2, 0.25) is 5.02 Å². The molecule has 6 nitrogen and oxygen atoms in total. The molecule has 202 valence electrons. The quantitative estimate of drug-likeness (QED) is 0.212. The van der Waals surface area contributed by atoms with Gasteiger partial charge in [0.25, 0.3) is 0 Å². The molecular weight excluding hydrogens is 598 g/mol. The molecule has 5 rings (SSSR count). The van der Waals surface area contributed by atoms with E-state index in [4.69, 9.17) is 11.6 Å². The minimum absolute atomic E-state index is 0.0109. The highest BCUT2D eigenvalue weighted by molar-refractivity contribution is 9.10. The van der Waals surface area contributed by atoms with Crippen LogP contribution in [0.25, 0.3) is 10.9 Å². The van der Waals surface area contributed by atoms with Crippen LogP contribution in [0.3, 0.4) is 0 Å². The molecule has 2 heterocycles. The van der Waals surface area contributed by atoms with Crippen molar-refractivity contribution in [2.45, 2.75) is 48.5 Å². The summed E-state index contributed by atoms with van der Waals surface area (Å²) in [6, 6.07) is 20.4. The van der Waals surface area contributed by atoms with Crippen molar-refractivity contribution in [3.8, 4) is 0 Å². The number of halogens is 2. The van der Waals surface area contributed by atoms with Gasteiger partial charge < -0.3 is 20.3 Å². The highest BCUT2D eigenvalue weighted by Gasteiger charge is 2.58. The molecule has 0 aliphatic carbocycles. The van der Waals surface area contributed by atoms with Gasteiger partial charge in [0.05, 0.1) is 19.1 Å². The molecule has 0 bridgehead atoms. The van der Waals surface area contributed by atoms with Gasteiger partial charge in [-0.1, -0.05) is 63.4 Å². The zero-order chi connectivity index (χ0) is 27.7. The number of aromatic amines is 1. The van der Waals surface area contributed by atoms with E-state index in [2.05, 4.69) is 26.2 Å². The molecule has 3 atom stereocenters. The summed E-state index contributed by atoms with van der Waals surface area (Å²) < 4.78 is -0.245. The average Bonchev–Trinajstić information content (AvgIpc) is 3.44. The summed E-state index contributed by atoms with van der Waals surface area (Å²) in [4.78, 5) is 34.1. The maximum absolute atomic E-state index is 14.2. The van der Waals surface area contributed by atoms with E-state index in [1.165, 1.54) is 11.8 Å². The second-order valence-corrected chi connectivity index (χ2v) is 12.8. The topological polar surface area (TPSA) is 85.4 Å². The van der Waals surface area contributed by atoms with Gasteiger partial charge in [0.2, 0.25) is 11.8 Å². The third-order valence-electron chi connectivity index (χ3n) is 7.08. The van der Waals surface area contributed by atoms with E-state index < -0.39 is 16.8 Å². The zero-order valence-electron chi connectivity index (χ0n) is 21.6. The minimum Gasteiger partial charge on any atom is -0.394 e. The molecule has 0 spiro atoms. The van der Waals surface area contributed by atoms with E-state index in [9.17, 15) is 14.7 Å². The van der Waals surface area contributed by atoms with E-state index in [1.807, 2.05) is 84.8 Å². The summed E-state index contributed by atoms with van der Waals surface area (Å²) >= 11 is 11.2. The van der Waals surface area contributed by atoms with Gasteiger partial charge in [-0.05, 0) is 55.8 Å².